The van der Waals surface area contributed by atoms with Gasteiger partial charge in [-0.1, -0.05) is 0 Å². The van der Waals surface area contributed by atoms with E-state index >= 15 is 0 Å². The fourth-order valence-corrected chi connectivity index (χ4v) is 1.85. The average Bonchev–Trinajstić information content (AvgIpc) is 2.45. The van der Waals surface area contributed by atoms with Gasteiger partial charge in [0.15, 0.2) is 0 Å². The summed E-state index contributed by atoms with van der Waals surface area (Å²) in [6.45, 7) is 6.73. The maximum Gasteiger partial charge on any atom is 0.256 e. The summed E-state index contributed by atoms with van der Waals surface area (Å²) in [5.74, 6) is -0.703. The number of amides is 1. The first-order valence-electron chi connectivity index (χ1n) is 7.09. The number of benzene rings is 1. The van der Waals surface area contributed by atoms with Crippen LogP contribution in [0.1, 0.15) is 24.2 Å². The van der Waals surface area contributed by atoms with E-state index in [9.17, 15) is 9.18 Å². The molecule has 0 aliphatic carbocycles. The molecule has 5 nitrogen and oxygen atoms in total. The molecule has 0 spiro atoms. The summed E-state index contributed by atoms with van der Waals surface area (Å²) in [6, 6.07) is 3.78. The number of ether oxygens (including phenoxy) is 2. The molecule has 118 valence electrons. The van der Waals surface area contributed by atoms with E-state index in [0.29, 0.717) is 45.1 Å². The molecule has 0 fully saturated rings. The van der Waals surface area contributed by atoms with Gasteiger partial charge in [0.05, 0.1) is 18.8 Å². The van der Waals surface area contributed by atoms with Crippen molar-refractivity contribution in [3.05, 3.63) is 29.6 Å². The van der Waals surface area contributed by atoms with Crippen LogP contribution in [0.15, 0.2) is 18.2 Å². The van der Waals surface area contributed by atoms with Crippen LogP contribution in [-0.4, -0.2) is 50.3 Å². The molecule has 0 aliphatic heterocycles. The van der Waals surface area contributed by atoms with Crippen molar-refractivity contribution in [2.75, 3.05) is 45.3 Å². The molecule has 1 aromatic carbocycles. The van der Waals surface area contributed by atoms with Gasteiger partial charge in [0.25, 0.3) is 5.91 Å². The number of nitrogen functional groups attached to an aromatic ring is 1. The van der Waals surface area contributed by atoms with Crippen molar-refractivity contribution >= 4 is 11.6 Å². The van der Waals surface area contributed by atoms with Gasteiger partial charge in [-0.3, -0.25) is 4.79 Å². The summed E-state index contributed by atoms with van der Waals surface area (Å²) >= 11 is 0. The van der Waals surface area contributed by atoms with Crippen molar-refractivity contribution in [2.45, 2.75) is 13.8 Å². The fourth-order valence-electron chi connectivity index (χ4n) is 1.85. The molecule has 1 aromatic rings. The fraction of sp³-hybridized carbons (Fsp3) is 0.533. The lowest BCUT2D eigenvalue weighted by Crippen LogP contribution is -2.37. The van der Waals surface area contributed by atoms with Gasteiger partial charge in [-0.15, -0.1) is 0 Å². The average molecular weight is 298 g/mol. The lowest BCUT2D eigenvalue weighted by molar-refractivity contribution is 0.0551. The van der Waals surface area contributed by atoms with Gasteiger partial charge in [-0.05, 0) is 32.0 Å². The molecule has 0 radical (unpaired) electrons. The lowest BCUT2D eigenvalue weighted by atomic mass is 10.1. The summed E-state index contributed by atoms with van der Waals surface area (Å²) in [5, 5.41) is 0. The molecule has 1 rings (SSSR count). The highest BCUT2D eigenvalue weighted by molar-refractivity contribution is 5.99. The van der Waals surface area contributed by atoms with Gasteiger partial charge in [0.2, 0.25) is 0 Å². The van der Waals surface area contributed by atoms with Crippen molar-refractivity contribution in [1.82, 2.24) is 4.90 Å². The summed E-state index contributed by atoms with van der Waals surface area (Å²) in [6.07, 6.45) is 0. The minimum Gasteiger partial charge on any atom is -0.398 e. The normalized spacial score (nSPS) is 10.6. The molecule has 0 bridgehead atoms. The Labute approximate surface area is 124 Å². The zero-order valence-electron chi connectivity index (χ0n) is 12.6. The largest absolute Gasteiger partial charge is 0.398 e. The van der Waals surface area contributed by atoms with Gasteiger partial charge < -0.3 is 20.1 Å². The molecule has 6 heteroatoms. The molecule has 0 atom stereocenters. The minimum absolute atomic E-state index is 0.137. The van der Waals surface area contributed by atoms with Crippen LogP contribution in [0, 0.1) is 5.82 Å². The van der Waals surface area contributed by atoms with Crippen LogP contribution in [0.3, 0.4) is 0 Å². The van der Waals surface area contributed by atoms with Gasteiger partial charge in [-0.25, -0.2) is 4.39 Å². The maximum atomic E-state index is 13.1. The first kappa shape index (κ1) is 17.4. The highest BCUT2D eigenvalue weighted by atomic mass is 19.1. The lowest BCUT2D eigenvalue weighted by Gasteiger charge is -2.23. The van der Waals surface area contributed by atoms with E-state index in [0.717, 1.165) is 6.07 Å². The Bertz CT molecular complexity index is 445. The summed E-state index contributed by atoms with van der Waals surface area (Å²) < 4.78 is 23.6. The SMILES string of the molecule is CCOCCN(CCOCC)C(=O)c1ccc(F)cc1N. The second kappa shape index (κ2) is 9.31. The Kier molecular flexibility index (Phi) is 7.71. The smallest absolute Gasteiger partial charge is 0.256 e. The molecule has 21 heavy (non-hydrogen) atoms. The van der Waals surface area contributed by atoms with E-state index in [4.69, 9.17) is 15.2 Å². The number of carbonyl (C=O) groups is 1. The Morgan fingerprint density at radius 2 is 1.76 bits per heavy atom. The van der Waals surface area contributed by atoms with E-state index in [1.54, 1.807) is 4.90 Å². The summed E-state index contributed by atoms with van der Waals surface area (Å²) in [4.78, 5) is 14.1. The van der Waals surface area contributed by atoms with Gasteiger partial charge >= 0.3 is 0 Å². The van der Waals surface area contributed by atoms with Crippen LogP contribution in [0.25, 0.3) is 0 Å². The molecule has 1 amide bonds. The van der Waals surface area contributed by atoms with Gasteiger partial charge in [0, 0.05) is 32.0 Å². The van der Waals surface area contributed by atoms with Crippen molar-refractivity contribution in [3.8, 4) is 0 Å². The molecular weight excluding hydrogens is 275 g/mol. The standard InChI is InChI=1S/C15H23FN2O3/c1-3-20-9-7-18(8-10-21-4-2)15(19)13-6-5-12(16)11-14(13)17/h5-6,11H,3-4,7-10,17H2,1-2H3. The van der Waals surface area contributed by atoms with Crippen LogP contribution in [0.5, 0.6) is 0 Å². The molecular formula is C15H23FN2O3. The number of nitrogens with two attached hydrogens (primary N) is 1. The summed E-state index contributed by atoms with van der Waals surface area (Å²) in [5.41, 5.74) is 6.15. The van der Waals surface area contributed by atoms with Crippen molar-refractivity contribution in [3.63, 3.8) is 0 Å². The van der Waals surface area contributed by atoms with Crippen LogP contribution in [0.2, 0.25) is 0 Å². The number of rotatable bonds is 9. The van der Waals surface area contributed by atoms with E-state index in [1.807, 2.05) is 13.8 Å². The third kappa shape index (κ3) is 5.69. The van der Waals surface area contributed by atoms with Crippen LogP contribution < -0.4 is 5.73 Å². The third-order valence-corrected chi connectivity index (χ3v) is 2.95. The van der Waals surface area contributed by atoms with E-state index in [2.05, 4.69) is 0 Å². The molecule has 2 N–H and O–H groups in total. The van der Waals surface area contributed by atoms with Crippen LogP contribution in [0.4, 0.5) is 10.1 Å². The number of halogens is 1. The quantitative estimate of drug-likeness (QED) is 0.559. The number of nitrogens with zero attached hydrogens (tertiary/aromatic N) is 1. The highest BCUT2D eigenvalue weighted by Gasteiger charge is 2.18. The molecule has 0 aromatic heterocycles. The number of hydrogen-bond donors (Lipinski definition) is 1. The Morgan fingerprint density at radius 1 is 1.19 bits per heavy atom. The van der Waals surface area contributed by atoms with E-state index < -0.39 is 5.82 Å². The van der Waals surface area contributed by atoms with Gasteiger partial charge in [0.1, 0.15) is 5.82 Å². The maximum absolute atomic E-state index is 13.1. The zero-order chi connectivity index (χ0) is 15.7. The monoisotopic (exact) mass is 298 g/mol. The van der Waals surface area contributed by atoms with Crippen LogP contribution >= 0.6 is 0 Å². The number of anilines is 1. The highest BCUT2D eigenvalue weighted by Crippen LogP contribution is 2.15. The topological polar surface area (TPSA) is 64.8 Å². The van der Waals surface area contributed by atoms with E-state index in [1.165, 1.54) is 12.1 Å². The number of hydrogen-bond acceptors (Lipinski definition) is 4. The second-order valence-corrected chi connectivity index (χ2v) is 4.42. The zero-order valence-corrected chi connectivity index (χ0v) is 12.6. The Hall–Kier alpha value is -1.66. The Morgan fingerprint density at radius 3 is 2.24 bits per heavy atom. The first-order chi connectivity index (χ1) is 10.1. The molecule has 0 saturated carbocycles. The number of carbonyl (C=O) groups excluding carboxylic acids is 1. The van der Waals surface area contributed by atoms with Crippen molar-refractivity contribution < 1.29 is 18.7 Å². The van der Waals surface area contributed by atoms with Crippen molar-refractivity contribution in [1.29, 1.82) is 0 Å². The predicted octanol–water partition coefficient (Wildman–Crippen LogP) is 1.92. The molecule has 0 saturated heterocycles. The van der Waals surface area contributed by atoms with Gasteiger partial charge in [-0.2, -0.15) is 0 Å². The third-order valence-electron chi connectivity index (χ3n) is 2.95. The summed E-state index contributed by atoms with van der Waals surface area (Å²) in [7, 11) is 0. The Balaban J connectivity index is 2.76. The minimum atomic E-state index is -0.459. The van der Waals surface area contributed by atoms with Crippen molar-refractivity contribution in [2.24, 2.45) is 0 Å². The molecule has 0 unspecified atom stereocenters. The molecule has 0 aliphatic rings. The second-order valence-electron chi connectivity index (χ2n) is 4.42. The van der Waals surface area contributed by atoms with Crippen LogP contribution in [-0.2, 0) is 9.47 Å². The molecule has 0 heterocycles. The predicted molar refractivity (Wildman–Crippen MR) is 79.7 cm³/mol. The first-order valence-corrected chi connectivity index (χ1v) is 7.09. The van der Waals surface area contributed by atoms with E-state index in [-0.39, 0.29) is 11.6 Å².